The van der Waals surface area contributed by atoms with Crippen molar-refractivity contribution in [2.24, 2.45) is 5.41 Å². The Morgan fingerprint density at radius 2 is 1.39 bits per heavy atom. The number of benzene rings is 2. The van der Waals surface area contributed by atoms with Gasteiger partial charge in [-0.3, -0.25) is 0 Å². The zero-order chi connectivity index (χ0) is 24.3. The minimum absolute atomic E-state index is 0.0621. The molecule has 0 saturated carbocycles. The van der Waals surface area contributed by atoms with E-state index in [4.69, 9.17) is 5.73 Å². The molecule has 0 heterocycles. The van der Waals surface area contributed by atoms with Gasteiger partial charge in [0, 0.05) is 16.5 Å². The van der Waals surface area contributed by atoms with Crippen molar-refractivity contribution < 1.29 is 0 Å². The molecule has 2 aromatic carbocycles. The third-order valence-corrected chi connectivity index (χ3v) is 7.86. The van der Waals surface area contributed by atoms with Gasteiger partial charge in [-0.15, -0.1) is 0 Å². The summed E-state index contributed by atoms with van der Waals surface area (Å²) in [5.74, 6) is 0. The molecule has 0 aromatic heterocycles. The Bertz CT molecular complexity index is 874. The fourth-order valence-electron chi connectivity index (χ4n) is 5.79. The van der Waals surface area contributed by atoms with Gasteiger partial charge in [0.2, 0.25) is 0 Å². The number of anilines is 1. The summed E-state index contributed by atoms with van der Waals surface area (Å²) < 4.78 is 0. The van der Waals surface area contributed by atoms with E-state index < -0.39 is 0 Å². The third kappa shape index (κ3) is 5.99. The van der Waals surface area contributed by atoms with Gasteiger partial charge in [-0.2, -0.15) is 0 Å². The van der Waals surface area contributed by atoms with Gasteiger partial charge in [0.1, 0.15) is 0 Å². The second kappa shape index (κ2) is 12.8. The first-order chi connectivity index (χ1) is 15.9. The summed E-state index contributed by atoms with van der Waals surface area (Å²) in [4.78, 5) is 0. The minimum Gasteiger partial charge on any atom is -0.399 e. The third-order valence-electron chi connectivity index (χ3n) is 7.86. The normalized spacial score (nSPS) is 15.6. The Hall–Kier alpha value is -2.28. The molecule has 1 heteroatoms. The molecule has 0 saturated heterocycles. The first-order valence-electron chi connectivity index (χ1n) is 13.2. The van der Waals surface area contributed by atoms with Crippen molar-refractivity contribution >= 4 is 5.69 Å². The molecule has 0 aliphatic heterocycles. The highest BCUT2D eigenvalue weighted by Gasteiger charge is 2.48. The molecule has 0 amide bonds. The number of rotatable bonds is 14. The van der Waals surface area contributed by atoms with Crippen molar-refractivity contribution in [3.63, 3.8) is 0 Å². The average Bonchev–Trinajstić information content (AvgIpc) is 2.84. The van der Waals surface area contributed by atoms with Gasteiger partial charge in [0.05, 0.1) is 0 Å². The Labute approximate surface area is 204 Å². The summed E-state index contributed by atoms with van der Waals surface area (Å²) >= 11 is 0. The summed E-state index contributed by atoms with van der Waals surface area (Å²) in [5.41, 5.74) is 12.2. The van der Waals surface area contributed by atoms with Crippen molar-refractivity contribution in [3.05, 3.63) is 78.4 Å². The van der Waals surface area contributed by atoms with Crippen molar-refractivity contribution in [1.82, 2.24) is 0 Å². The van der Waals surface area contributed by atoms with Crippen LogP contribution in [0.25, 0.3) is 11.1 Å². The molecule has 180 valence electrons. The topological polar surface area (TPSA) is 26.0 Å². The van der Waals surface area contributed by atoms with E-state index in [1.165, 1.54) is 67.2 Å². The summed E-state index contributed by atoms with van der Waals surface area (Å²) in [6.07, 6.45) is 15.4. The van der Waals surface area contributed by atoms with Crippen LogP contribution in [0.3, 0.4) is 0 Å². The number of allylic oxidation sites excluding steroid dienone is 3. The summed E-state index contributed by atoms with van der Waals surface area (Å²) in [7, 11) is 0. The van der Waals surface area contributed by atoms with E-state index in [-0.39, 0.29) is 10.8 Å². The quantitative estimate of drug-likeness (QED) is 0.175. The Balaban J connectivity index is 2.63. The molecule has 0 fully saturated rings. The molecule has 2 rings (SSSR count). The lowest BCUT2D eigenvalue weighted by Crippen LogP contribution is -2.45. The largest absolute Gasteiger partial charge is 0.399 e. The highest BCUT2D eigenvalue weighted by atomic mass is 14.5. The molecule has 2 aromatic rings. The van der Waals surface area contributed by atoms with E-state index in [0.29, 0.717) is 0 Å². The van der Waals surface area contributed by atoms with Gasteiger partial charge >= 0.3 is 0 Å². The van der Waals surface area contributed by atoms with Crippen LogP contribution in [-0.2, 0) is 5.41 Å². The van der Waals surface area contributed by atoms with Crippen molar-refractivity contribution in [2.75, 3.05) is 5.73 Å². The average molecular weight is 446 g/mol. The van der Waals surface area contributed by atoms with Gasteiger partial charge in [0.15, 0.2) is 0 Å². The fourth-order valence-corrected chi connectivity index (χ4v) is 5.79. The zero-order valence-electron chi connectivity index (χ0n) is 21.9. The first-order valence-corrected chi connectivity index (χ1v) is 13.2. The first kappa shape index (κ1) is 27.0. The van der Waals surface area contributed by atoms with Crippen LogP contribution >= 0.6 is 0 Å². The number of hydrogen-bond donors (Lipinski definition) is 1. The highest BCUT2D eigenvalue weighted by Crippen LogP contribution is 2.55. The van der Waals surface area contributed by atoms with Crippen LogP contribution in [0.15, 0.2) is 72.8 Å². The van der Waals surface area contributed by atoms with Crippen LogP contribution in [0.2, 0.25) is 0 Å². The van der Waals surface area contributed by atoms with Crippen molar-refractivity contribution in [3.8, 4) is 11.1 Å². The molecular formula is C32H47N. The number of hydrogen-bond acceptors (Lipinski definition) is 1. The Morgan fingerprint density at radius 3 is 1.88 bits per heavy atom. The lowest BCUT2D eigenvalue weighted by molar-refractivity contribution is 0.142. The molecular weight excluding hydrogens is 398 g/mol. The highest BCUT2D eigenvalue weighted by molar-refractivity contribution is 5.66. The molecule has 2 N–H and O–H groups in total. The van der Waals surface area contributed by atoms with Crippen LogP contribution in [0.4, 0.5) is 5.69 Å². The lowest BCUT2D eigenvalue weighted by Gasteiger charge is -2.51. The SMILES string of the molecule is C=C/C(=C\CC)C(C)(CCCCC)C(CC)(CCCC)c1ccc(-c2ccc(N)cc2)cc1. The molecule has 2 unspecified atom stereocenters. The molecule has 0 radical (unpaired) electrons. The van der Waals surface area contributed by atoms with E-state index in [1.807, 2.05) is 12.1 Å². The molecule has 1 nitrogen and oxygen atoms in total. The monoisotopic (exact) mass is 445 g/mol. The van der Waals surface area contributed by atoms with Gasteiger partial charge < -0.3 is 5.73 Å². The molecule has 0 bridgehead atoms. The molecule has 0 aliphatic carbocycles. The fraction of sp³-hybridized carbons (Fsp3) is 0.500. The summed E-state index contributed by atoms with van der Waals surface area (Å²) in [6, 6.07) is 17.6. The van der Waals surface area contributed by atoms with E-state index in [2.05, 4.69) is 89.7 Å². The Morgan fingerprint density at radius 1 is 0.818 bits per heavy atom. The molecule has 0 spiro atoms. The summed E-state index contributed by atoms with van der Waals surface area (Å²) in [6.45, 7) is 16.1. The standard InChI is InChI=1S/C32H47N/c1-7-12-14-24-31(6,28(10-4)15-9-3)32(11-5,25-13-8-2)29-20-16-26(17-21-29)27-18-22-30(33)23-19-27/h10,15-23H,4,7-9,11-14,24-25,33H2,1-3,5-6H3/b28-15+. The van der Waals surface area contributed by atoms with Gasteiger partial charge in [-0.25, -0.2) is 0 Å². The summed E-state index contributed by atoms with van der Waals surface area (Å²) in [5, 5.41) is 0. The maximum absolute atomic E-state index is 5.90. The number of nitrogens with two attached hydrogens (primary N) is 1. The van der Waals surface area contributed by atoms with Crippen LogP contribution in [0.5, 0.6) is 0 Å². The Kier molecular flexibility index (Phi) is 10.5. The molecule has 2 atom stereocenters. The minimum atomic E-state index is 0.0621. The van der Waals surface area contributed by atoms with E-state index >= 15 is 0 Å². The zero-order valence-corrected chi connectivity index (χ0v) is 21.9. The predicted molar refractivity (Wildman–Crippen MR) is 149 cm³/mol. The van der Waals surface area contributed by atoms with Gasteiger partial charge in [-0.05, 0) is 60.1 Å². The van der Waals surface area contributed by atoms with Crippen LogP contribution in [0.1, 0.15) is 98.0 Å². The number of unbranched alkanes of at least 4 members (excludes halogenated alkanes) is 3. The van der Waals surface area contributed by atoms with Gasteiger partial charge in [-0.1, -0.05) is 122 Å². The molecule has 0 aliphatic rings. The second-order valence-electron chi connectivity index (χ2n) is 9.80. The van der Waals surface area contributed by atoms with Crippen LogP contribution in [0, 0.1) is 5.41 Å². The smallest absolute Gasteiger partial charge is 0.0314 e. The maximum Gasteiger partial charge on any atom is 0.0314 e. The van der Waals surface area contributed by atoms with Crippen LogP contribution < -0.4 is 5.73 Å². The van der Waals surface area contributed by atoms with Crippen LogP contribution in [-0.4, -0.2) is 0 Å². The molecule has 33 heavy (non-hydrogen) atoms. The second-order valence-corrected chi connectivity index (χ2v) is 9.80. The van der Waals surface area contributed by atoms with Crippen molar-refractivity contribution in [2.45, 2.75) is 97.8 Å². The van der Waals surface area contributed by atoms with E-state index in [0.717, 1.165) is 18.5 Å². The number of nitrogen functional groups attached to an aromatic ring is 1. The van der Waals surface area contributed by atoms with Crippen molar-refractivity contribution in [1.29, 1.82) is 0 Å². The van der Waals surface area contributed by atoms with E-state index in [9.17, 15) is 0 Å². The lowest BCUT2D eigenvalue weighted by atomic mass is 9.52. The van der Waals surface area contributed by atoms with E-state index in [1.54, 1.807) is 0 Å². The van der Waals surface area contributed by atoms with Gasteiger partial charge in [0.25, 0.3) is 0 Å². The maximum atomic E-state index is 5.90. The predicted octanol–water partition coefficient (Wildman–Crippen LogP) is 9.88.